The van der Waals surface area contributed by atoms with Crippen molar-refractivity contribution < 1.29 is 9.84 Å². The molecule has 3 nitrogen and oxygen atoms in total. The van der Waals surface area contributed by atoms with Crippen molar-refractivity contribution in [2.75, 3.05) is 13.2 Å². The third kappa shape index (κ3) is 1.93. The van der Waals surface area contributed by atoms with Crippen LogP contribution in [-0.2, 0) is 4.74 Å². The lowest BCUT2D eigenvalue weighted by molar-refractivity contribution is -0.0229. The van der Waals surface area contributed by atoms with Gasteiger partial charge in [0.1, 0.15) is 0 Å². The van der Waals surface area contributed by atoms with Crippen molar-refractivity contribution in [2.24, 2.45) is 5.73 Å². The molecule has 3 heteroatoms. The quantitative estimate of drug-likeness (QED) is 0.542. The van der Waals surface area contributed by atoms with Crippen LogP contribution >= 0.6 is 0 Å². The molecule has 0 heterocycles. The average Bonchev–Trinajstić information content (AvgIpc) is 1.78. The molecule has 0 spiro atoms. The second-order valence-corrected chi connectivity index (χ2v) is 2.45. The number of ether oxygens (including phenoxy) is 1. The second-order valence-electron chi connectivity index (χ2n) is 2.45. The fraction of sp³-hybridized carbons (Fsp3) is 1.00. The third-order valence-corrected chi connectivity index (χ3v) is 1.58. The highest BCUT2D eigenvalue weighted by molar-refractivity contribution is 4.82. The van der Waals surface area contributed by atoms with E-state index in [1.54, 1.807) is 0 Å². The summed E-state index contributed by atoms with van der Waals surface area (Å²) in [6.07, 6.45) is 2.24. The fourth-order valence-corrected chi connectivity index (χ4v) is 0.962. The Morgan fingerprint density at radius 3 is 2.67 bits per heavy atom. The first kappa shape index (κ1) is 6.99. The van der Waals surface area contributed by atoms with Gasteiger partial charge in [-0.2, -0.15) is 0 Å². The fourth-order valence-electron chi connectivity index (χ4n) is 0.962. The van der Waals surface area contributed by atoms with Gasteiger partial charge in [0.05, 0.1) is 19.3 Å². The van der Waals surface area contributed by atoms with E-state index in [0.29, 0.717) is 18.8 Å². The van der Waals surface area contributed by atoms with Gasteiger partial charge in [-0.3, -0.25) is 0 Å². The predicted octanol–water partition coefficient (Wildman–Crippen LogP) is -0.515. The van der Waals surface area contributed by atoms with E-state index in [4.69, 9.17) is 15.6 Å². The van der Waals surface area contributed by atoms with Crippen LogP contribution < -0.4 is 5.73 Å². The van der Waals surface area contributed by atoms with Gasteiger partial charge in [0.2, 0.25) is 0 Å². The van der Waals surface area contributed by atoms with Crippen LogP contribution in [-0.4, -0.2) is 30.5 Å². The lowest BCUT2D eigenvalue weighted by atomic mass is 9.90. The maximum absolute atomic E-state index is 8.34. The summed E-state index contributed by atoms with van der Waals surface area (Å²) in [5, 5.41) is 8.34. The van der Waals surface area contributed by atoms with Gasteiger partial charge >= 0.3 is 0 Å². The number of hydrogen-bond acceptors (Lipinski definition) is 3. The zero-order chi connectivity index (χ0) is 6.69. The van der Waals surface area contributed by atoms with Crippen molar-refractivity contribution in [2.45, 2.75) is 25.0 Å². The molecule has 0 atom stereocenters. The molecule has 1 aliphatic rings. The van der Waals surface area contributed by atoms with Gasteiger partial charge in [0, 0.05) is 6.04 Å². The highest BCUT2D eigenvalue weighted by Crippen LogP contribution is 2.20. The molecule has 1 saturated carbocycles. The molecule has 1 aliphatic carbocycles. The van der Waals surface area contributed by atoms with E-state index in [0.717, 1.165) is 12.8 Å². The van der Waals surface area contributed by atoms with Crippen molar-refractivity contribution in [1.29, 1.82) is 0 Å². The first-order chi connectivity index (χ1) is 4.33. The Morgan fingerprint density at radius 1 is 1.56 bits per heavy atom. The normalized spacial score (nSPS) is 34.0. The Hall–Kier alpha value is -0.120. The second kappa shape index (κ2) is 3.15. The minimum atomic E-state index is 0.117. The van der Waals surface area contributed by atoms with Crippen LogP contribution in [0.3, 0.4) is 0 Å². The first-order valence-corrected chi connectivity index (χ1v) is 3.31. The smallest absolute Gasteiger partial charge is 0.0701 e. The van der Waals surface area contributed by atoms with Crippen LogP contribution in [0.25, 0.3) is 0 Å². The average molecular weight is 131 g/mol. The summed E-state index contributed by atoms with van der Waals surface area (Å²) < 4.78 is 5.17. The molecule has 0 aromatic heterocycles. The monoisotopic (exact) mass is 131 g/mol. The molecule has 9 heavy (non-hydrogen) atoms. The summed E-state index contributed by atoms with van der Waals surface area (Å²) in [7, 11) is 0. The Morgan fingerprint density at radius 2 is 2.22 bits per heavy atom. The maximum atomic E-state index is 8.34. The summed E-state index contributed by atoms with van der Waals surface area (Å²) in [6, 6.07) is 0.341. The Balaban J connectivity index is 1.91. The molecule has 0 aromatic rings. The van der Waals surface area contributed by atoms with Gasteiger partial charge in [0.15, 0.2) is 0 Å². The molecule has 1 fully saturated rings. The van der Waals surface area contributed by atoms with Crippen molar-refractivity contribution in [3.63, 3.8) is 0 Å². The number of aliphatic hydroxyl groups excluding tert-OH is 1. The maximum Gasteiger partial charge on any atom is 0.0701 e. The van der Waals surface area contributed by atoms with Gasteiger partial charge in [-0.15, -0.1) is 0 Å². The van der Waals surface area contributed by atoms with Crippen LogP contribution in [0.15, 0.2) is 0 Å². The van der Waals surface area contributed by atoms with Gasteiger partial charge in [0.25, 0.3) is 0 Å². The molecular weight excluding hydrogens is 118 g/mol. The molecule has 3 N–H and O–H groups in total. The highest BCUT2D eigenvalue weighted by Gasteiger charge is 2.25. The van der Waals surface area contributed by atoms with Gasteiger partial charge in [-0.25, -0.2) is 0 Å². The van der Waals surface area contributed by atoms with Gasteiger partial charge < -0.3 is 15.6 Å². The molecule has 1 rings (SSSR count). The summed E-state index contributed by atoms with van der Waals surface area (Å²) >= 11 is 0. The standard InChI is InChI=1S/C6H13NO2/c7-5-3-6(4-5)9-2-1-8/h5-6,8H,1-4,7H2. The van der Waals surface area contributed by atoms with E-state index in [1.165, 1.54) is 0 Å². The summed E-state index contributed by atoms with van der Waals surface area (Å²) in [5.74, 6) is 0. The summed E-state index contributed by atoms with van der Waals surface area (Å²) in [4.78, 5) is 0. The van der Waals surface area contributed by atoms with Crippen molar-refractivity contribution in [3.05, 3.63) is 0 Å². The zero-order valence-electron chi connectivity index (χ0n) is 5.42. The van der Waals surface area contributed by atoms with E-state index in [1.807, 2.05) is 0 Å². The Bertz CT molecular complexity index is 81.1. The van der Waals surface area contributed by atoms with Crippen LogP contribution in [0.1, 0.15) is 12.8 Å². The van der Waals surface area contributed by atoms with E-state index in [-0.39, 0.29) is 6.61 Å². The predicted molar refractivity (Wildman–Crippen MR) is 34.0 cm³/mol. The topological polar surface area (TPSA) is 55.5 Å². The molecular formula is C6H13NO2. The largest absolute Gasteiger partial charge is 0.394 e. The minimum Gasteiger partial charge on any atom is -0.394 e. The van der Waals surface area contributed by atoms with Crippen LogP contribution in [0.2, 0.25) is 0 Å². The minimum absolute atomic E-state index is 0.117. The number of aliphatic hydroxyl groups is 1. The molecule has 0 bridgehead atoms. The zero-order valence-corrected chi connectivity index (χ0v) is 5.42. The van der Waals surface area contributed by atoms with Crippen molar-refractivity contribution in [1.82, 2.24) is 0 Å². The van der Waals surface area contributed by atoms with Crippen molar-refractivity contribution in [3.8, 4) is 0 Å². The lowest BCUT2D eigenvalue weighted by Crippen LogP contribution is -2.41. The molecule has 0 saturated heterocycles. The van der Waals surface area contributed by atoms with E-state index in [9.17, 15) is 0 Å². The van der Waals surface area contributed by atoms with Crippen molar-refractivity contribution >= 4 is 0 Å². The molecule has 0 amide bonds. The summed E-state index contributed by atoms with van der Waals surface area (Å²) in [6.45, 7) is 0.573. The van der Waals surface area contributed by atoms with E-state index < -0.39 is 0 Å². The summed E-state index contributed by atoms with van der Waals surface area (Å²) in [5.41, 5.74) is 5.50. The number of nitrogens with two attached hydrogens (primary N) is 1. The molecule has 54 valence electrons. The third-order valence-electron chi connectivity index (χ3n) is 1.58. The number of rotatable bonds is 3. The van der Waals surface area contributed by atoms with Crippen LogP contribution in [0.4, 0.5) is 0 Å². The lowest BCUT2D eigenvalue weighted by Gasteiger charge is -2.31. The van der Waals surface area contributed by atoms with Gasteiger partial charge in [-0.05, 0) is 12.8 Å². The SMILES string of the molecule is NC1CC(OCCO)C1. The Labute approximate surface area is 54.8 Å². The molecule has 0 radical (unpaired) electrons. The molecule has 0 aromatic carbocycles. The molecule has 0 unspecified atom stereocenters. The van der Waals surface area contributed by atoms with E-state index >= 15 is 0 Å². The first-order valence-electron chi connectivity index (χ1n) is 3.31. The molecule has 0 aliphatic heterocycles. The van der Waals surface area contributed by atoms with E-state index in [2.05, 4.69) is 0 Å². The van der Waals surface area contributed by atoms with Gasteiger partial charge in [-0.1, -0.05) is 0 Å². The highest BCUT2D eigenvalue weighted by atomic mass is 16.5. The number of hydrogen-bond donors (Lipinski definition) is 2. The Kier molecular flexibility index (Phi) is 2.45. The van der Waals surface area contributed by atoms with Crippen LogP contribution in [0.5, 0.6) is 0 Å². The van der Waals surface area contributed by atoms with Crippen LogP contribution in [0, 0.1) is 0 Å².